The fourth-order valence-electron chi connectivity index (χ4n) is 3.44. The molecule has 2 N–H and O–H groups in total. The van der Waals surface area contributed by atoms with Gasteiger partial charge in [-0.1, -0.05) is 19.3 Å². The van der Waals surface area contributed by atoms with E-state index >= 15 is 0 Å². The molecule has 1 saturated heterocycles. The SMILES string of the molecule is CCOc1ccc(C(=O)OCC(=O)NN2C(=O)NC3(CCCCC3)C2=O)cc1. The number of carbonyl (C=O) groups excluding carboxylic acids is 4. The highest BCUT2D eigenvalue weighted by Gasteiger charge is 2.52. The Kier molecular flexibility index (Phi) is 5.81. The molecule has 0 unspecified atom stereocenters. The number of hydrazine groups is 1. The zero-order valence-electron chi connectivity index (χ0n) is 15.7. The van der Waals surface area contributed by atoms with E-state index in [0.717, 1.165) is 19.3 Å². The maximum absolute atomic E-state index is 12.6. The van der Waals surface area contributed by atoms with E-state index in [9.17, 15) is 19.2 Å². The van der Waals surface area contributed by atoms with Gasteiger partial charge in [0.05, 0.1) is 12.2 Å². The van der Waals surface area contributed by atoms with Crippen LogP contribution in [0.15, 0.2) is 24.3 Å². The Bertz CT molecular complexity index is 770. The highest BCUT2D eigenvalue weighted by molar-refractivity contribution is 6.08. The lowest BCUT2D eigenvalue weighted by Gasteiger charge is -2.30. The van der Waals surface area contributed by atoms with Gasteiger partial charge in [-0.15, -0.1) is 0 Å². The monoisotopic (exact) mass is 389 g/mol. The average molecular weight is 389 g/mol. The fourth-order valence-corrected chi connectivity index (χ4v) is 3.44. The summed E-state index contributed by atoms with van der Waals surface area (Å²) in [4.78, 5) is 48.8. The van der Waals surface area contributed by atoms with Crippen molar-refractivity contribution in [1.82, 2.24) is 15.8 Å². The maximum Gasteiger partial charge on any atom is 0.344 e. The molecule has 0 aromatic heterocycles. The van der Waals surface area contributed by atoms with Gasteiger partial charge in [-0.3, -0.25) is 15.0 Å². The minimum Gasteiger partial charge on any atom is -0.494 e. The van der Waals surface area contributed by atoms with Crippen molar-refractivity contribution < 1.29 is 28.7 Å². The molecule has 1 aromatic carbocycles. The summed E-state index contributed by atoms with van der Waals surface area (Å²) in [6, 6.07) is 5.62. The molecule has 9 nitrogen and oxygen atoms in total. The van der Waals surface area contributed by atoms with E-state index in [-0.39, 0.29) is 5.56 Å². The molecule has 0 atom stereocenters. The van der Waals surface area contributed by atoms with Crippen LogP contribution in [0.1, 0.15) is 49.4 Å². The Balaban J connectivity index is 1.52. The number of carbonyl (C=O) groups is 4. The number of urea groups is 1. The van der Waals surface area contributed by atoms with Gasteiger partial charge in [-0.2, -0.15) is 5.01 Å². The second-order valence-electron chi connectivity index (χ2n) is 6.78. The molecule has 1 aliphatic carbocycles. The summed E-state index contributed by atoms with van der Waals surface area (Å²) >= 11 is 0. The van der Waals surface area contributed by atoms with Gasteiger partial charge in [0.15, 0.2) is 6.61 Å². The van der Waals surface area contributed by atoms with E-state index in [1.807, 2.05) is 6.92 Å². The van der Waals surface area contributed by atoms with Gasteiger partial charge in [0.2, 0.25) is 0 Å². The fraction of sp³-hybridized carbons (Fsp3) is 0.474. The normalized spacial score (nSPS) is 18.0. The molecule has 4 amide bonds. The van der Waals surface area contributed by atoms with Crippen molar-refractivity contribution in [3.8, 4) is 5.75 Å². The van der Waals surface area contributed by atoms with Crippen LogP contribution in [0.3, 0.4) is 0 Å². The first-order valence-electron chi connectivity index (χ1n) is 9.31. The number of nitrogens with zero attached hydrogens (tertiary/aromatic N) is 1. The molecule has 1 heterocycles. The van der Waals surface area contributed by atoms with Crippen LogP contribution >= 0.6 is 0 Å². The first-order chi connectivity index (χ1) is 13.4. The summed E-state index contributed by atoms with van der Waals surface area (Å²) in [6.45, 7) is 1.74. The largest absolute Gasteiger partial charge is 0.494 e. The molecule has 1 saturated carbocycles. The Hall–Kier alpha value is -3.10. The molecule has 28 heavy (non-hydrogen) atoms. The van der Waals surface area contributed by atoms with Crippen molar-refractivity contribution in [1.29, 1.82) is 0 Å². The Morgan fingerprint density at radius 2 is 1.82 bits per heavy atom. The Morgan fingerprint density at radius 1 is 1.14 bits per heavy atom. The lowest BCUT2D eigenvalue weighted by Crippen LogP contribution is -2.51. The van der Waals surface area contributed by atoms with Gasteiger partial charge in [-0.25, -0.2) is 9.59 Å². The number of benzene rings is 1. The molecule has 3 rings (SSSR count). The third-order valence-corrected chi connectivity index (χ3v) is 4.84. The molecule has 1 spiro atoms. The van der Waals surface area contributed by atoms with Crippen LogP contribution in [0, 0.1) is 0 Å². The zero-order chi connectivity index (χ0) is 20.1. The number of rotatable bonds is 6. The molecule has 1 aromatic rings. The summed E-state index contributed by atoms with van der Waals surface area (Å²) < 4.78 is 10.2. The van der Waals surface area contributed by atoms with E-state index in [2.05, 4.69) is 10.7 Å². The van der Waals surface area contributed by atoms with E-state index in [4.69, 9.17) is 9.47 Å². The molecule has 2 fully saturated rings. The van der Waals surface area contributed by atoms with Crippen LogP contribution in [0.5, 0.6) is 5.75 Å². The number of imide groups is 1. The van der Waals surface area contributed by atoms with Gasteiger partial charge >= 0.3 is 12.0 Å². The zero-order valence-corrected chi connectivity index (χ0v) is 15.7. The van der Waals surface area contributed by atoms with Crippen molar-refractivity contribution in [3.05, 3.63) is 29.8 Å². The predicted molar refractivity (Wildman–Crippen MR) is 97.2 cm³/mol. The van der Waals surface area contributed by atoms with Crippen LogP contribution in [-0.4, -0.2) is 47.6 Å². The van der Waals surface area contributed by atoms with Crippen LogP contribution in [0.2, 0.25) is 0 Å². The van der Waals surface area contributed by atoms with Crippen molar-refractivity contribution >= 4 is 23.8 Å². The highest BCUT2D eigenvalue weighted by atomic mass is 16.5. The lowest BCUT2D eigenvalue weighted by molar-refractivity contribution is -0.140. The number of amides is 4. The van der Waals surface area contributed by atoms with Gasteiger partial charge in [0, 0.05) is 0 Å². The van der Waals surface area contributed by atoms with Crippen molar-refractivity contribution in [3.63, 3.8) is 0 Å². The van der Waals surface area contributed by atoms with E-state index in [1.54, 1.807) is 12.1 Å². The lowest BCUT2D eigenvalue weighted by atomic mass is 9.82. The molecule has 0 bridgehead atoms. The van der Waals surface area contributed by atoms with Crippen LogP contribution in [0.4, 0.5) is 4.79 Å². The predicted octanol–water partition coefficient (Wildman–Crippen LogP) is 1.53. The average Bonchev–Trinajstić information content (AvgIpc) is 2.91. The Morgan fingerprint density at radius 3 is 2.46 bits per heavy atom. The third-order valence-electron chi connectivity index (χ3n) is 4.84. The number of esters is 1. The van der Waals surface area contributed by atoms with Gasteiger partial charge in [-0.05, 0) is 44.0 Å². The van der Waals surface area contributed by atoms with Crippen LogP contribution in [0.25, 0.3) is 0 Å². The number of ether oxygens (including phenoxy) is 2. The summed E-state index contributed by atoms with van der Waals surface area (Å²) in [5.74, 6) is -1.31. The Labute approximate surface area is 162 Å². The molecule has 0 radical (unpaired) electrons. The van der Waals surface area contributed by atoms with Gasteiger partial charge < -0.3 is 14.8 Å². The topological polar surface area (TPSA) is 114 Å². The van der Waals surface area contributed by atoms with Crippen molar-refractivity contribution in [2.45, 2.75) is 44.6 Å². The quantitative estimate of drug-likeness (QED) is 0.563. The molecule has 1 aliphatic heterocycles. The van der Waals surface area contributed by atoms with Crippen molar-refractivity contribution in [2.75, 3.05) is 13.2 Å². The summed E-state index contributed by atoms with van der Waals surface area (Å²) in [6.07, 6.45) is 3.80. The number of nitrogens with one attached hydrogen (secondary N) is 2. The van der Waals surface area contributed by atoms with E-state index in [1.165, 1.54) is 12.1 Å². The second-order valence-corrected chi connectivity index (χ2v) is 6.78. The summed E-state index contributed by atoms with van der Waals surface area (Å²) in [7, 11) is 0. The number of hydrogen-bond donors (Lipinski definition) is 2. The summed E-state index contributed by atoms with van der Waals surface area (Å²) in [5.41, 5.74) is 1.55. The van der Waals surface area contributed by atoms with Gasteiger partial charge in [0.1, 0.15) is 11.3 Å². The molecule has 150 valence electrons. The summed E-state index contributed by atoms with van der Waals surface area (Å²) in [5, 5.41) is 3.36. The molecule has 2 aliphatic rings. The van der Waals surface area contributed by atoms with Crippen LogP contribution < -0.4 is 15.5 Å². The highest BCUT2D eigenvalue weighted by Crippen LogP contribution is 2.32. The third kappa shape index (κ3) is 4.08. The smallest absolute Gasteiger partial charge is 0.344 e. The maximum atomic E-state index is 12.6. The molecule has 9 heteroatoms. The van der Waals surface area contributed by atoms with Gasteiger partial charge in [0.25, 0.3) is 11.8 Å². The minimum absolute atomic E-state index is 0.257. The standard InChI is InChI=1S/C19H23N3O6/c1-2-27-14-8-6-13(7-9-14)16(24)28-12-15(23)21-22-17(25)19(20-18(22)26)10-4-3-5-11-19/h6-9H,2-5,10-12H2,1H3,(H,20,26)(H,21,23). The second kappa shape index (κ2) is 8.28. The minimum atomic E-state index is -0.929. The number of hydrogen-bond acceptors (Lipinski definition) is 6. The van der Waals surface area contributed by atoms with E-state index in [0.29, 0.717) is 30.2 Å². The van der Waals surface area contributed by atoms with E-state index < -0.39 is 36.0 Å². The molecular formula is C19H23N3O6. The first-order valence-corrected chi connectivity index (χ1v) is 9.31. The molecular weight excluding hydrogens is 366 g/mol. The first kappa shape index (κ1) is 19.7. The van der Waals surface area contributed by atoms with Crippen molar-refractivity contribution in [2.24, 2.45) is 0 Å². The van der Waals surface area contributed by atoms with Crippen LogP contribution in [-0.2, 0) is 14.3 Å².